The predicted octanol–water partition coefficient (Wildman–Crippen LogP) is 0.0389. The lowest BCUT2D eigenvalue weighted by Gasteiger charge is -2.05. The third-order valence-electron chi connectivity index (χ3n) is 1.64. The molecule has 0 N–H and O–H groups in total. The van der Waals surface area contributed by atoms with Crippen LogP contribution in [0, 0.1) is 0 Å². The average molecular weight is 206 g/mol. The summed E-state index contributed by atoms with van der Waals surface area (Å²) in [6.07, 6.45) is 0.0246. The summed E-state index contributed by atoms with van der Waals surface area (Å²) in [4.78, 5) is 0. The molecule has 1 unspecified atom stereocenters. The molecule has 0 aromatic heterocycles. The van der Waals surface area contributed by atoms with Crippen LogP contribution < -0.4 is 0 Å². The lowest BCUT2D eigenvalue weighted by atomic mass is 10.7. The van der Waals surface area contributed by atoms with Gasteiger partial charge in [0.05, 0.1) is 39.6 Å². The lowest BCUT2D eigenvalue weighted by molar-refractivity contribution is -0.0156. The molecular formula is C9H18O5. The number of hydrogen-bond acceptors (Lipinski definition) is 5. The molecule has 1 rings (SSSR count). The first kappa shape index (κ1) is 11.9. The number of methoxy groups -OCH3 is 1. The standard InChI is InChI=1S/C9H18O5/c1-10-2-3-11-4-5-12-6-7-13-9-8-14-9/h9H,2-8H2,1H3. The highest BCUT2D eigenvalue weighted by Gasteiger charge is 2.22. The quantitative estimate of drug-likeness (QED) is 0.373. The van der Waals surface area contributed by atoms with Gasteiger partial charge in [-0.25, -0.2) is 0 Å². The molecule has 1 aliphatic heterocycles. The number of hydrogen-bond donors (Lipinski definition) is 0. The first-order valence-electron chi connectivity index (χ1n) is 4.81. The van der Waals surface area contributed by atoms with Crippen LogP contribution in [0.1, 0.15) is 0 Å². The topological polar surface area (TPSA) is 49.5 Å². The van der Waals surface area contributed by atoms with Gasteiger partial charge in [0.15, 0.2) is 6.29 Å². The third-order valence-corrected chi connectivity index (χ3v) is 1.64. The van der Waals surface area contributed by atoms with Crippen molar-refractivity contribution in [2.75, 3.05) is 53.4 Å². The first-order valence-corrected chi connectivity index (χ1v) is 4.81. The summed E-state index contributed by atoms with van der Waals surface area (Å²) in [7, 11) is 1.65. The van der Waals surface area contributed by atoms with Gasteiger partial charge in [-0.2, -0.15) is 0 Å². The van der Waals surface area contributed by atoms with Gasteiger partial charge in [0.25, 0.3) is 0 Å². The lowest BCUT2D eigenvalue weighted by Crippen LogP contribution is -2.11. The molecule has 0 radical (unpaired) electrons. The maximum absolute atomic E-state index is 5.25. The third kappa shape index (κ3) is 7.23. The van der Waals surface area contributed by atoms with Crippen molar-refractivity contribution in [2.45, 2.75) is 6.29 Å². The number of ether oxygens (including phenoxy) is 5. The van der Waals surface area contributed by atoms with Gasteiger partial charge < -0.3 is 23.7 Å². The first-order chi connectivity index (χ1) is 6.93. The molecule has 0 amide bonds. The predicted molar refractivity (Wildman–Crippen MR) is 49.2 cm³/mol. The van der Waals surface area contributed by atoms with Crippen molar-refractivity contribution in [3.05, 3.63) is 0 Å². The van der Waals surface area contributed by atoms with Gasteiger partial charge in [-0.1, -0.05) is 0 Å². The Morgan fingerprint density at radius 3 is 2.14 bits per heavy atom. The molecule has 0 saturated carbocycles. The van der Waals surface area contributed by atoms with Crippen molar-refractivity contribution in [1.29, 1.82) is 0 Å². The Balaban J connectivity index is 1.63. The Bertz CT molecular complexity index is 126. The van der Waals surface area contributed by atoms with Gasteiger partial charge in [0, 0.05) is 7.11 Å². The SMILES string of the molecule is COCCOCCOCCOC1CO1. The molecule has 1 aliphatic rings. The summed E-state index contributed by atoms with van der Waals surface area (Å²) in [5.74, 6) is 0. The van der Waals surface area contributed by atoms with E-state index in [1.807, 2.05) is 0 Å². The average Bonchev–Trinajstić information content (AvgIpc) is 2.99. The fourth-order valence-electron chi connectivity index (χ4n) is 0.838. The summed E-state index contributed by atoms with van der Waals surface area (Å²) in [5, 5.41) is 0. The van der Waals surface area contributed by atoms with Crippen LogP contribution in [-0.4, -0.2) is 59.6 Å². The zero-order valence-electron chi connectivity index (χ0n) is 8.57. The van der Waals surface area contributed by atoms with E-state index in [2.05, 4.69) is 0 Å². The normalized spacial score (nSPS) is 19.9. The summed E-state index contributed by atoms with van der Waals surface area (Å²) in [6, 6.07) is 0. The van der Waals surface area contributed by atoms with Crippen LogP contribution in [-0.2, 0) is 23.7 Å². The fourth-order valence-corrected chi connectivity index (χ4v) is 0.838. The molecule has 0 spiro atoms. The molecular weight excluding hydrogens is 188 g/mol. The Labute approximate surface area is 84.2 Å². The minimum atomic E-state index is 0.0246. The molecule has 1 saturated heterocycles. The zero-order chi connectivity index (χ0) is 10.1. The Morgan fingerprint density at radius 2 is 1.57 bits per heavy atom. The second kappa shape index (κ2) is 8.14. The maximum atomic E-state index is 5.25. The van der Waals surface area contributed by atoms with Crippen LogP contribution in [0.3, 0.4) is 0 Å². The molecule has 0 bridgehead atoms. The van der Waals surface area contributed by atoms with Crippen LogP contribution in [0.15, 0.2) is 0 Å². The second-order valence-electron chi connectivity index (χ2n) is 2.85. The van der Waals surface area contributed by atoms with Crippen molar-refractivity contribution in [3.63, 3.8) is 0 Å². The van der Waals surface area contributed by atoms with Crippen LogP contribution in [0.4, 0.5) is 0 Å². The van der Waals surface area contributed by atoms with Gasteiger partial charge in [-0.05, 0) is 0 Å². The van der Waals surface area contributed by atoms with Gasteiger partial charge in [0.1, 0.15) is 6.61 Å². The highest BCUT2D eigenvalue weighted by atomic mass is 16.8. The monoisotopic (exact) mass is 206 g/mol. The Hall–Kier alpha value is -0.200. The molecule has 14 heavy (non-hydrogen) atoms. The molecule has 0 aliphatic carbocycles. The molecule has 1 heterocycles. The van der Waals surface area contributed by atoms with Crippen LogP contribution in [0.5, 0.6) is 0 Å². The summed E-state index contributed by atoms with van der Waals surface area (Å²) in [6.45, 7) is 4.34. The van der Waals surface area contributed by atoms with Crippen LogP contribution in [0.25, 0.3) is 0 Å². The molecule has 84 valence electrons. The molecule has 0 aromatic rings. The molecule has 1 atom stereocenters. The van der Waals surface area contributed by atoms with Gasteiger partial charge >= 0.3 is 0 Å². The fraction of sp³-hybridized carbons (Fsp3) is 1.00. The van der Waals surface area contributed by atoms with Crippen molar-refractivity contribution in [3.8, 4) is 0 Å². The highest BCUT2D eigenvalue weighted by Crippen LogP contribution is 2.09. The van der Waals surface area contributed by atoms with E-state index in [1.165, 1.54) is 0 Å². The van der Waals surface area contributed by atoms with Crippen molar-refractivity contribution in [1.82, 2.24) is 0 Å². The second-order valence-corrected chi connectivity index (χ2v) is 2.85. The van der Waals surface area contributed by atoms with Crippen LogP contribution in [0.2, 0.25) is 0 Å². The van der Waals surface area contributed by atoms with E-state index >= 15 is 0 Å². The number of epoxide rings is 1. The Morgan fingerprint density at radius 1 is 1.00 bits per heavy atom. The number of rotatable bonds is 10. The van der Waals surface area contributed by atoms with Crippen LogP contribution >= 0.6 is 0 Å². The van der Waals surface area contributed by atoms with Gasteiger partial charge in [0.2, 0.25) is 0 Å². The minimum absolute atomic E-state index is 0.0246. The summed E-state index contributed by atoms with van der Waals surface area (Å²) >= 11 is 0. The van der Waals surface area contributed by atoms with E-state index in [1.54, 1.807) is 7.11 Å². The summed E-state index contributed by atoms with van der Waals surface area (Å²) in [5.41, 5.74) is 0. The van der Waals surface area contributed by atoms with Gasteiger partial charge in [-0.15, -0.1) is 0 Å². The molecule has 5 heteroatoms. The highest BCUT2D eigenvalue weighted by molar-refractivity contribution is 4.54. The van der Waals surface area contributed by atoms with Crippen molar-refractivity contribution < 1.29 is 23.7 Å². The summed E-state index contributed by atoms with van der Waals surface area (Å²) < 4.78 is 25.3. The molecule has 1 fully saturated rings. The molecule has 0 aromatic carbocycles. The van der Waals surface area contributed by atoms with E-state index in [4.69, 9.17) is 23.7 Å². The Kier molecular flexibility index (Phi) is 6.90. The van der Waals surface area contributed by atoms with Gasteiger partial charge in [-0.3, -0.25) is 0 Å². The van der Waals surface area contributed by atoms with E-state index in [0.29, 0.717) is 39.6 Å². The minimum Gasteiger partial charge on any atom is -0.382 e. The van der Waals surface area contributed by atoms with E-state index in [-0.39, 0.29) is 6.29 Å². The van der Waals surface area contributed by atoms with E-state index in [0.717, 1.165) is 6.61 Å². The molecule has 5 nitrogen and oxygen atoms in total. The largest absolute Gasteiger partial charge is 0.382 e. The maximum Gasteiger partial charge on any atom is 0.181 e. The van der Waals surface area contributed by atoms with Crippen molar-refractivity contribution in [2.24, 2.45) is 0 Å². The van der Waals surface area contributed by atoms with E-state index < -0.39 is 0 Å². The van der Waals surface area contributed by atoms with Crippen molar-refractivity contribution >= 4 is 0 Å². The smallest absolute Gasteiger partial charge is 0.181 e. The van der Waals surface area contributed by atoms with E-state index in [9.17, 15) is 0 Å². The zero-order valence-corrected chi connectivity index (χ0v) is 8.57.